The predicted octanol–water partition coefficient (Wildman–Crippen LogP) is 4.63. The summed E-state index contributed by atoms with van der Waals surface area (Å²) in [5, 5.41) is 0.705. The number of hydrogen-bond donors (Lipinski definition) is 0. The zero-order chi connectivity index (χ0) is 17.6. The topological polar surface area (TPSA) is 44.1 Å². The van der Waals surface area contributed by atoms with Crippen molar-refractivity contribution in [2.45, 2.75) is 20.1 Å². The van der Waals surface area contributed by atoms with Crippen LogP contribution in [0.25, 0.3) is 0 Å². The van der Waals surface area contributed by atoms with E-state index < -0.39 is 0 Å². The van der Waals surface area contributed by atoms with Gasteiger partial charge in [0.2, 0.25) is 0 Å². The summed E-state index contributed by atoms with van der Waals surface area (Å²) in [4.78, 5) is 16.5. The Morgan fingerprint density at radius 2 is 1.88 bits per heavy atom. The van der Waals surface area contributed by atoms with E-state index >= 15 is 0 Å². The summed E-state index contributed by atoms with van der Waals surface area (Å²) < 4.78 is 7.65. The summed E-state index contributed by atoms with van der Waals surface area (Å²) in [7, 11) is 0. The Kier molecular flexibility index (Phi) is 5.51. The Hall–Kier alpha value is -2.59. The van der Waals surface area contributed by atoms with E-state index in [-0.39, 0.29) is 11.7 Å². The van der Waals surface area contributed by atoms with Crippen LogP contribution in [-0.4, -0.2) is 15.3 Å². The van der Waals surface area contributed by atoms with Gasteiger partial charge >= 0.3 is 0 Å². The van der Waals surface area contributed by atoms with Gasteiger partial charge in [0.15, 0.2) is 5.78 Å². The Labute approximate surface area is 152 Å². The molecule has 0 saturated carbocycles. The van der Waals surface area contributed by atoms with Crippen molar-refractivity contribution >= 4 is 17.4 Å². The number of carbonyl (C=O) groups is 1. The normalized spacial score (nSPS) is 11.9. The Bertz CT molecular complexity index is 812. The maximum atomic E-state index is 12.5. The molecular weight excluding hydrogens is 336 g/mol. The first-order valence-corrected chi connectivity index (χ1v) is 8.47. The molecule has 0 N–H and O–H groups in total. The Morgan fingerprint density at radius 1 is 1.16 bits per heavy atom. The molecule has 1 unspecified atom stereocenters. The highest BCUT2D eigenvalue weighted by Crippen LogP contribution is 2.18. The molecule has 0 radical (unpaired) electrons. The summed E-state index contributed by atoms with van der Waals surface area (Å²) >= 11 is 5.87. The van der Waals surface area contributed by atoms with Gasteiger partial charge in [0.25, 0.3) is 0 Å². The van der Waals surface area contributed by atoms with Crippen LogP contribution in [0.2, 0.25) is 5.02 Å². The molecule has 0 aliphatic rings. The molecule has 0 spiro atoms. The van der Waals surface area contributed by atoms with Crippen LogP contribution >= 0.6 is 11.6 Å². The number of rotatable bonds is 7. The van der Waals surface area contributed by atoms with Crippen molar-refractivity contribution in [1.29, 1.82) is 0 Å². The van der Waals surface area contributed by atoms with Crippen LogP contribution in [0, 0.1) is 5.92 Å². The first kappa shape index (κ1) is 17.2. The fraction of sp³-hybridized carbons (Fsp3) is 0.200. The minimum Gasteiger partial charge on any atom is -0.489 e. The summed E-state index contributed by atoms with van der Waals surface area (Å²) in [5.74, 6) is 0.724. The third kappa shape index (κ3) is 4.70. The van der Waals surface area contributed by atoms with Crippen LogP contribution in [0.4, 0.5) is 0 Å². The van der Waals surface area contributed by atoms with E-state index in [0.29, 0.717) is 23.7 Å². The van der Waals surface area contributed by atoms with Gasteiger partial charge in [-0.2, -0.15) is 0 Å². The molecule has 0 bridgehead atoms. The third-order valence-electron chi connectivity index (χ3n) is 3.95. The summed E-state index contributed by atoms with van der Waals surface area (Å²) in [5.41, 5.74) is 1.73. The fourth-order valence-electron chi connectivity index (χ4n) is 2.54. The molecule has 1 aromatic heterocycles. The molecule has 25 heavy (non-hydrogen) atoms. The van der Waals surface area contributed by atoms with E-state index in [0.717, 1.165) is 11.3 Å². The maximum Gasteiger partial charge on any atom is 0.167 e. The molecule has 0 aliphatic carbocycles. The number of Topliss-reactive ketones (excluding diaryl/α,β-unsaturated/α-hetero) is 1. The molecule has 0 saturated heterocycles. The van der Waals surface area contributed by atoms with Gasteiger partial charge in [0.1, 0.15) is 12.4 Å². The van der Waals surface area contributed by atoms with Crippen molar-refractivity contribution < 1.29 is 9.53 Å². The van der Waals surface area contributed by atoms with Crippen molar-refractivity contribution in [2.24, 2.45) is 5.92 Å². The first-order chi connectivity index (χ1) is 12.1. The molecule has 5 heteroatoms. The highest BCUT2D eigenvalue weighted by atomic mass is 35.5. The summed E-state index contributed by atoms with van der Waals surface area (Å²) in [6.45, 7) is 3.00. The van der Waals surface area contributed by atoms with Gasteiger partial charge in [0, 0.05) is 35.4 Å². The van der Waals surface area contributed by atoms with Crippen molar-refractivity contribution in [3.63, 3.8) is 0 Å². The predicted molar refractivity (Wildman–Crippen MR) is 97.9 cm³/mol. The number of nitrogens with zero attached hydrogens (tertiary/aromatic N) is 2. The first-order valence-electron chi connectivity index (χ1n) is 8.09. The van der Waals surface area contributed by atoms with Gasteiger partial charge in [0.05, 0.1) is 6.33 Å². The quantitative estimate of drug-likeness (QED) is 0.581. The molecule has 0 amide bonds. The van der Waals surface area contributed by atoms with Gasteiger partial charge in [-0.1, -0.05) is 30.7 Å². The van der Waals surface area contributed by atoms with Crippen molar-refractivity contribution in [1.82, 2.24) is 9.55 Å². The van der Waals surface area contributed by atoms with Crippen LogP contribution in [-0.2, 0) is 13.2 Å². The largest absolute Gasteiger partial charge is 0.489 e. The molecule has 1 heterocycles. The van der Waals surface area contributed by atoms with Crippen molar-refractivity contribution in [2.75, 3.05) is 0 Å². The number of halogens is 1. The van der Waals surface area contributed by atoms with Crippen LogP contribution in [0.15, 0.2) is 67.3 Å². The second-order valence-corrected chi connectivity index (χ2v) is 6.40. The average molecular weight is 355 g/mol. The van der Waals surface area contributed by atoms with Crippen LogP contribution in [0.1, 0.15) is 22.8 Å². The molecule has 128 valence electrons. The van der Waals surface area contributed by atoms with Gasteiger partial charge in [-0.3, -0.25) is 4.79 Å². The lowest BCUT2D eigenvalue weighted by molar-refractivity contribution is 0.0918. The van der Waals surface area contributed by atoms with E-state index in [9.17, 15) is 4.79 Å². The molecule has 3 aromatic rings. The van der Waals surface area contributed by atoms with Gasteiger partial charge < -0.3 is 9.30 Å². The number of benzene rings is 2. The Balaban J connectivity index is 1.57. The van der Waals surface area contributed by atoms with E-state index in [4.69, 9.17) is 16.3 Å². The lowest BCUT2D eigenvalue weighted by Crippen LogP contribution is -2.17. The second kappa shape index (κ2) is 7.99. The zero-order valence-electron chi connectivity index (χ0n) is 13.9. The van der Waals surface area contributed by atoms with Crippen LogP contribution in [0.5, 0.6) is 5.75 Å². The number of imidazole rings is 1. The number of aromatic nitrogens is 2. The number of ether oxygens (including phenoxy) is 1. The molecule has 4 nitrogen and oxygen atoms in total. The molecule has 0 fully saturated rings. The third-order valence-corrected chi connectivity index (χ3v) is 4.20. The lowest BCUT2D eigenvalue weighted by Gasteiger charge is -2.12. The van der Waals surface area contributed by atoms with Crippen molar-refractivity contribution in [3.05, 3.63) is 83.4 Å². The molecule has 3 rings (SSSR count). The van der Waals surface area contributed by atoms with Crippen molar-refractivity contribution in [3.8, 4) is 5.75 Å². The molecular formula is C20H19ClN2O2. The summed E-state index contributed by atoms with van der Waals surface area (Å²) in [6, 6.07) is 14.8. The van der Waals surface area contributed by atoms with E-state index in [1.165, 1.54) is 0 Å². The highest BCUT2D eigenvalue weighted by Gasteiger charge is 2.15. The number of hydrogen-bond acceptors (Lipinski definition) is 3. The molecule has 1 atom stereocenters. The van der Waals surface area contributed by atoms with Gasteiger partial charge in [-0.15, -0.1) is 0 Å². The minimum absolute atomic E-state index is 0.109. The van der Waals surface area contributed by atoms with Crippen LogP contribution < -0.4 is 4.74 Å². The van der Waals surface area contributed by atoms with Gasteiger partial charge in [-0.05, 0) is 42.0 Å². The van der Waals surface area contributed by atoms with E-state index in [1.54, 1.807) is 12.5 Å². The fourth-order valence-corrected chi connectivity index (χ4v) is 2.67. The zero-order valence-corrected chi connectivity index (χ0v) is 14.7. The van der Waals surface area contributed by atoms with Crippen LogP contribution in [0.3, 0.4) is 0 Å². The molecule has 2 aromatic carbocycles. The SMILES string of the molecule is CC(Cn1ccnc1)C(=O)c1ccc(OCc2ccc(Cl)cc2)cc1. The van der Waals surface area contributed by atoms with E-state index in [2.05, 4.69) is 4.98 Å². The average Bonchev–Trinajstić information content (AvgIpc) is 3.14. The maximum absolute atomic E-state index is 12.5. The Morgan fingerprint density at radius 3 is 2.52 bits per heavy atom. The second-order valence-electron chi connectivity index (χ2n) is 5.96. The summed E-state index contributed by atoms with van der Waals surface area (Å²) in [6.07, 6.45) is 5.29. The number of ketones is 1. The highest BCUT2D eigenvalue weighted by molar-refractivity contribution is 6.30. The monoisotopic (exact) mass is 354 g/mol. The lowest BCUT2D eigenvalue weighted by atomic mass is 9.99. The standard InChI is InChI=1S/C20H19ClN2O2/c1-15(12-23-11-10-22-14-23)20(24)17-4-8-19(9-5-17)25-13-16-2-6-18(21)7-3-16/h2-11,14-15H,12-13H2,1H3. The number of carbonyl (C=O) groups excluding carboxylic acids is 1. The molecule has 0 aliphatic heterocycles. The van der Waals surface area contributed by atoms with E-state index in [1.807, 2.05) is 66.2 Å². The smallest absolute Gasteiger partial charge is 0.167 e. The van der Waals surface area contributed by atoms with Gasteiger partial charge in [-0.25, -0.2) is 4.98 Å². The minimum atomic E-state index is -0.116.